The second-order valence-electron chi connectivity index (χ2n) is 5.44. The van der Waals surface area contributed by atoms with Crippen LogP contribution in [0.2, 0.25) is 0 Å². The van der Waals surface area contributed by atoms with E-state index in [0.717, 1.165) is 18.2 Å². The van der Waals surface area contributed by atoms with Gasteiger partial charge in [0.25, 0.3) is 0 Å². The minimum Gasteiger partial charge on any atom is -0.405 e. The van der Waals surface area contributed by atoms with Gasteiger partial charge in [-0.05, 0) is 18.1 Å². The van der Waals surface area contributed by atoms with Gasteiger partial charge < -0.3 is 10.5 Å². The van der Waals surface area contributed by atoms with E-state index in [1.54, 1.807) is 4.90 Å². The Labute approximate surface area is 124 Å². The van der Waals surface area contributed by atoms with Gasteiger partial charge in [-0.2, -0.15) is 0 Å². The van der Waals surface area contributed by atoms with E-state index in [2.05, 4.69) is 4.74 Å². The van der Waals surface area contributed by atoms with Gasteiger partial charge in [0.2, 0.25) is 5.91 Å². The maximum Gasteiger partial charge on any atom is 0.573 e. The molecular weight excluding hydrogens is 304 g/mol. The van der Waals surface area contributed by atoms with Crippen LogP contribution in [0, 0.1) is 17.7 Å². The number of primary amides is 1. The Hall–Kier alpha value is -1.83. The summed E-state index contributed by atoms with van der Waals surface area (Å²) in [6.07, 6.45) is -4.89. The van der Waals surface area contributed by atoms with Gasteiger partial charge in [-0.15, -0.1) is 13.2 Å². The highest BCUT2D eigenvalue weighted by atomic mass is 19.4. The van der Waals surface area contributed by atoms with Crippen molar-refractivity contribution in [1.29, 1.82) is 0 Å². The van der Waals surface area contributed by atoms with Crippen molar-refractivity contribution in [2.75, 3.05) is 13.1 Å². The van der Waals surface area contributed by atoms with Gasteiger partial charge in [0.05, 0.1) is 5.92 Å². The molecule has 4 nitrogen and oxygen atoms in total. The molecule has 0 aliphatic carbocycles. The molecule has 0 unspecified atom stereocenters. The van der Waals surface area contributed by atoms with Gasteiger partial charge in [0.1, 0.15) is 11.6 Å². The molecule has 1 aromatic carbocycles. The lowest BCUT2D eigenvalue weighted by Gasteiger charge is -2.19. The monoisotopic (exact) mass is 320 g/mol. The second-order valence-corrected chi connectivity index (χ2v) is 5.44. The highest BCUT2D eigenvalue weighted by Gasteiger charge is 2.36. The minimum absolute atomic E-state index is 0.0312. The van der Waals surface area contributed by atoms with Crippen LogP contribution < -0.4 is 10.5 Å². The van der Waals surface area contributed by atoms with Crippen LogP contribution in [0.5, 0.6) is 5.75 Å². The number of rotatable bonds is 4. The number of amides is 1. The van der Waals surface area contributed by atoms with E-state index in [1.165, 1.54) is 0 Å². The Morgan fingerprint density at radius 1 is 1.41 bits per heavy atom. The maximum atomic E-state index is 13.9. The first-order valence-electron chi connectivity index (χ1n) is 6.72. The molecule has 8 heteroatoms. The Morgan fingerprint density at radius 3 is 2.64 bits per heavy atom. The number of benzene rings is 1. The van der Waals surface area contributed by atoms with Crippen molar-refractivity contribution in [2.24, 2.45) is 17.6 Å². The average Bonchev–Trinajstić information content (AvgIpc) is 2.73. The molecule has 0 bridgehead atoms. The van der Waals surface area contributed by atoms with E-state index in [9.17, 15) is 22.4 Å². The summed E-state index contributed by atoms with van der Waals surface area (Å²) in [5.74, 6) is -2.23. The fraction of sp³-hybridized carbons (Fsp3) is 0.500. The Bertz CT molecular complexity index is 562. The third-order valence-corrected chi connectivity index (χ3v) is 3.74. The molecule has 0 radical (unpaired) electrons. The molecule has 1 aromatic rings. The van der Waals surface area contributed by atoms with Crippen LogP contribution in [-0.4, -0.2) is 30.3 Å². The molecule has 0 aromatic heterocycles. The van der Waals surface area contributed by atoms with Crippen molar-refractivity contribution in [3.63, 3.8) is 0 Å². The third-order valence-electron chi connectivity index (χ3n) is 3.74. The Balaban J connectivity index is 2.18. The van der Waals surface area contributed by atoms with Crippen LogP contribution in [0.15, 0.2) is 18.2 Å². The van der Waals surface area contributed by atoms with E-state index in [1.807, 2.05) is 6.92 Å². The van der Waals surface area contributed by atoms with Gasteiger partial charge in [-0.3, -0.25) is 9.69 Å². The highest BCUT2D eigenvalue weighted by molar-refractivity contribution is 5.77. The van der Waals surface area contributed by atoms with Crippen molar-refractivity contribution >= 4 is 5.91 Å². The number of carbonyl (C=O) groups is 1. The zero-order valence-electron chi connectivity index (χ0n) is 11.9. The Kier molecular flexibility index (Phi) is 4.60. The molecule has 1 saturated heterocycles. The van der Waals surface area contributed by atoms with Crippen LogP contribution in [0.3, 0.4) is 0 Å². The highest BCUT2D eigenvalue weighted by Crippen LogP contribution is 2.31. The quantitative estimate of drug-likeness (QED) is 0.866. The summed E-state index contributed by atoms with van der Waals surface area (Å²) in [5.41, 5.74) is 5.09. The molecule has 1 heterocycles. The molecule has 2 N–H and O–H groups in total. The Morgan fingerprint density at radius 2 is 2.09 bits per heavy atom. The largest absolute Gasteiger partial charge is 0.573 e. The summed E-state index contributed by atoms with van der Waals surface area (Å²) >= 11 is 0. The number of carbonyl (C=O) groups excluding carboxylic acids is 1. The summed E-state index contributed by atoms with van der Waals surface area (Å²) in [5, 5.41) is 0. The molecule has 2 rings (SSSR count). The number of ether oxygens (including phenoxy) is 1. The third kappa shape index (κ3) is 3.88. The molecule has 1 aliphatic heterocycles. The van der Waals surface area contributed by atoms with E-state index >= 15 is 0 Å². The van der Waals surface area contributed by atoms with E-state index in [0.29, 0.717) is 6.54 Å². The van der Waals surface area contributed by atoms with Crippen molar-refractivity contribution in [1.82, 2.24) is 4.90 Å². The summed E-state index contributed by atoms with van der Waals surface area (Å²) < 4.78 is 54.9. The van der Waals surface area contributed by atoms with Gasteiger partial charge in [-0.25, -0.2) is 4.39 Å². The normalized spacial score (nSPS) is 22.8. The number of nitrogens with zero attached hydrogens (tertiary/aromatic N) is 1. The van der Waals surface area contributed by atoms with Crippen LogP contribution in [0.1, 0.15) is 12.5 Å². The predicted molar refractivity (Wildman–Crippen MR) is 70.2 cm³/mol. The standard InChI is InChI=1S/C14H16F4N2O2/c1-8-5-20(6-9(8)13(19)21)7-10-11(15)3-2-4-12(10)22-14(16,17)18/h2-4,8-9H,5-7H2,1H3,(H2,19,21)/t8-,9-/m1/s1. The number of halogens is 4. The summed E-state index contributed by atoms with van der Waals surface area (Å²) in [4.78, 5) is 13.0. The van der Waals surface area contributed by atoms with Crippen molar-refractivity contribution in [2.45, 2.75) is 19.8 Å². The molecule has 22 heavy (non-hydrogen) atoms. The molecule has 1 amide bonds. The van der Waals surface area contributed by atoms with Crippen molar-refractivity contribution in [3.8, 4) is 5.75 Å². The molecule has 1 aliphatic rings. The number of hydrogen-bond donors (Lipinski definition) is 1. The lowest BCUT2D eigenvalue weighted by Crippen LogP contribution is -2.29. The van der Waals surface area contributed by atoms with Crippen LogP contribution in [-0.2, 0) is 11.3 Å². The summed E-state index contributed by atoms with van der Waals surface area (Å²) in [6, 6.07) is 3.29. The maximum absolute atomic E-state index is 13.9. The number of likely N-dealkylation sites (tertiary alicyclic amines) is 1. The molecular formula is C14H16F4N2O2. The topological polar surface area (TPSA) is 55.6 Å². The first-order chi connectivity index (χ1) is 10.2. The minimum atomic E-state index is -4.89. The van der Waals surface area contributed by atoms with Crippen LogP contribution in [0.4, 0.5) is 17.6 Å². The van der Waals surface area contributed by atoms with E-state index in [-0.39, 0.29) is 24.6 Å². The van der Waals surface area contributed by atoms with Crippen molar-refractivity contribution in [3.05, 3.63) is 29.6 Å². The zero-order chi connectivity index (χ0) is 16.5. The zero-order valence-corrected chi connectivity index (χ0v) is 11.9. The van der Waals surface area contributed by atoms with Crippen molar-refractivity contribution < 1.29 is 27.1 Å². The van der Waals surface area contributed by atoms with Gasteiger partial charge >= 0.3 is 6.36 Å². The predicted octanol–water partition coefficient (Wildman–Crippen LogP) is 2.28. The average molecular weight is 320 g/mol. The van der Waals surface area contributed by atoms with Gasteiger partial charge in [0, 0.05) is 25.2 Å². The first-order valence-corrected chi connectivity index (χ1v) is 6.72. The number of hydrogen-bond acceptors (Lipinski definition) is 3. The fourth-order valence-corrected chi connectivity index (χ4v) is 2.70. The molecule has 1 fully saturated rings. The molecule has 2 atom stereocenters. The van der Waals surface area contributed by atoms with Crippen LogP contribution in [0.25, 0.3) is 0 Å². The smallest absolute Gasteiger partial charge is 0.405 e. The lowest BCUT2D eigenvalue weighted by molar-refractivity contribution is -0.275. The fourth-order valence-electron chi connectivity index (χ4n) is 2.70. The summed E-state index contributed by atoms with van der Waals surface area (Å²) in [7, 11) is 0. The molecule has 122 valence electrons. The van der Waals surface area contributed by atoms with E-state index in [4.69, 9.17) is 5.73 Å². The van der Waals surface area contributed by atoms with Crippen LogP contribution >= 0.6 is 0 Å². The lowest BCUT2D eigenvalue weighted by atomic mass is 9.98. The van der Waals surface area contributed by atoms with Gasteiger partial charge in [-0.1, -0.05) is 13.0 Å². The summed E-state index contributed by atoms with van der Waals surface area (Å²) in [6.45, 7) is 2.49. The number of nitrogens with two attached hydrogens (primary N) is 1. The van der Waals surface area contributed by atoms with E-state index < -0.39 is 29.8 Å². The molecule has 0 spiro atoms. The first kappa shape index (κ1) is 16.5. The number of alkyl halides is 3. The second kappa shape index (κ2) is 6.12. The molecule has 0 saturated carbocycles. The van der Waals surface area contributed by atoms with Gasteiger partial charge in [0.15, 0.2) is 0 Å². The SMILES string of the molecule is C[C@@H]1CN(Cc2c(F)cccc2OC(F)(F)F)C[C@H]1C(N)=O.